The van der Waals surface area contributed by atoms with Crippen LogP contribution in [0.3, 0.4) is 0 Å². The average molecular weight is 321 g/mol. The van der Waals surface area contributed by atoms with Crippen molar-refractivity contribution in [2.45, 2.75) is 25.6 Å². The molecule has 0 aliphatic carbocycles. The molecule has 1 fully saturated rings. The van der Waals surface area contributed by atoms with Crippen molar-refractivity contribution in [1.82, 2.24) is 4.90 Å². The lowest BCUT2D eigenvalue weighted by Gasteiger charge is -2.23. The van der Waals surface area contributed by atoms with Crippen LogP contribution in [0.25, 0.3) is 0 Å². The first kappa shape index (κ1) is 15.9. The van der Waals surface area contributed by atoms with Crippen molar-refractivity contribution in [1.29, 1.82) is 0 Å². The number of halogens is 4. The molecule has 1 aromatic carbocycles. The molecule has 116 valence electrons. The molecule has 1 aromatic rings. The Balaban J connectivity index is 2.36. The van der Waals surface area contributed by atoms with Crippen LogP contribution in [-0.2, 0) is 6.18 Å². The third kappa shape index (κ3) is 3.26. The van der Waals surface area contributed by atoms with Crippen LogP contribution in [0.1, 0.15) is 18.9 Å². The number of hydrogen-bond donors (Lipinski definition) is 0. The van der Waals surface area contributed by atoms with Crippen molar-refractivity contribution in [3.63, 3.8) is 0 Å². The predicted octanol–water partition coefficient (Wildman–Crippen LogP) is 3.96. The molecule has 1 aliphatic rings. The van der Waals surface area contributed by atoms with Gasteiger partial charge in [0.1, 0.15) is 0 Å². The average Bonchev–Trinajstić information content (AvgIpc) is 2.74. The molecule has 0 spiro atoms. The van der Waals surface area contributed by atoms with Gasteiger partial charge in [-0.1, -0.05) is 6.07 Å². The molecule has 0 bridgehead atoms. The molecule has 2 rings (SSSR count). The third-order valence-corrected chi connectivity index (χ3v) is 3.77. The Morgan fingerprint density at radius 2 is 2.10 bits per heavy atom. The summed E-state index contributed by atoms with van der Waals surface area (Å²) in [4.78, 5) is 15.3. The Labute approximate surface area is 126 Å². The quantitative estimate of drug-likeness (QED) is 0.770. The maximum absolute atomic E-state index is 12.8. The summed E-state index contributed by atoms with van der Waals surface area (Å²) in [7, 11) is 0. The van der Waals surface area contributed by atoms with Gasteiger partial charge >= 0.3 is 12.2 Å². The summed E-state index contributed by atoms with van der Waals surface area (Å²) >= 11 is 5.74. The summed E-state index contributed by atoms with van der Waals surface area (Å²) in [6.07, 6.45) is -3.88. The minimum atomic E-state index is -4.43. The summed E-state index contributed by atoms with van der Waals surface area (Å²) in [6, 6.07) is 4.38. The smallest absolute Gasteiger partial charge is 0.323 e. The Morgan fingerprint density at radius 1 is 1.38 bits per heavy atom. The van der Waals surface area contributed by atoms with Gasteiger partial charge in [0.25, 0.3) is 0 Å². The number of benzene rings is 1. The molecule has 1 aliphatic heterocycles. The van der Waals surface area contributed by atoms with Gasteiger partial charge in [0.05, 0.1) is 11.6 Å². The van der Waals surface area contributed by atoms with Crippen LogP contribution >= 0.6 is 11.6 Å². The van der Waals surface area contributed by atoms with Gasteiger partial charge in [0.15, 0.2) is 0 Å². The van der Waals surface area contributed by atoms with Crippen molar-refractivity contribution in [2.24, 2.45) is 0 Å². The minimum absolute atomic E-state index is 0.196. The molecule has 0 N–H and O–H groups in total. The first-order valence-electron chi connectivity index (χ1n) is 6.69. The van der Waals surface area contributed by atoms with Crippen LogP contribution in [0.15, 0.2) is 24.3 Å². The van der Waals surface area contributed by atoms with Crippen LogP contribution in [0.4, 0.5) is 23.7 Å². The SMILES string of the molecule is CCN1CC(CCCl)N(c2cccc(C(F)(F)F)c2)C1=O. The number of rotatable bonds is 4. The van der Waals surface area contributed by atoms with E-state index in [1.54, 1.807) is 4.90 Å². The second-order valence-corrected chi connectivity index (χ2v) is 5.25. The van der Waals surface area contributed by atoms with Crippen molar-refractivity contribution >= 4 is 23.3 Å². The van der Waals surface area contributed by atoms with E-state index in [4.69, 9.17) is 11.6 Å². The Bertz CT molecular complexity index is 521. The highest BCUT2D eigenvalue weighted by atomic mass is 35.5. The largest absolute Gasteiger partial charge is 0.416 e. The first-order valence-corrected chi connectivity index (χ1v) is 7.23. The van der Waals surface area contributed by atoms with E-state index < -0.39 is 11.7 Å². The maximum Gasteiger partial charge on any atom is 0.416 e. The molecule has 0 saturated carbocycles. The number of carbonyl (C=O) groups is 1. The van der Waals surface area contributed by atoms with Crippen LogP contribution in [-0.4, -0.2) is 35.9 Å². The van der Waals surface area contributed by atoms with E-state index in [2.05, 4.69) is 0 Å². The Kier molecular flexibility index (Phi) is 4.66. The van der Waals surface area contributed by atoms with Crippen molar-refractivity contribution < 1.29 is 18.0 Å². The lowest BCUT2D eigenvalue weighted by atomic mass is 10.1. The van der Waals surface area contributed by atoms with Crippen LogP contribution < -0.4 is 4.90 Å². The van der Waals surface area contributed by atoms with Crippen molar-refractivity contribution in [3.8, 4) is 0 Å². The highest BCUT2D eigenvalue weighted by molar-refractivity contribution is 6.18. The zero-order valence-corrected chi connectivity index (χ0v) is 12.3. The number of likely N-dealkylation sites (N-methyl/N-ethyl adjacent to an activating group) is 1. The normalized spacial score (nSPS) is 19.5. The van der Waals surface area contributed by atoms with Gasteiger partial charge in [0.2, 0.25) is 0 Å². The molecule has 1 heterocycles. The molecule has 2 amide bonds. The fourth-order valence-corrected chi connectivity index (χ4v) is 2.74. The molecule has 3 nitrogen and oxygen atoms in total. The lowest BCUT2D eigenvalue weighted by molar-refractivity contribution is -0.137. The van der Waals surface area contributed by atoms with Gasteiger partial charge in [-0.3, -0.25) is 4.90 Å². The van der Waals surface area contributed by atoms with Crippen LogP contribution in [0, 0.1) is 0 Å². The second kappa shape index (κ2) is 6.13. The van der Waals surface area contributed by atoms with Gasteiger partial charge in [0, 0.05) is 24.7 Å². The molecule has 0 aromatic heterocycles. The van der Waals surface area contributed by atoms with Gasteiger partial charge in [-0.2, -0.15) is 13.2 Å². The molecule has 7 heteroatoms. The molecular formula is C14H16ClF3N2O. The van der Waals surface area contributed by atoms with E-state index in [9.17, 15) is 18.0 Å². The predicted molar refractivity (Wildman–Crippen MR) is 75.7 cm³/mol. The number of alkyl halides is 4. The topological polar surface area (TPSA) is 23.6 Å². The van der Waals surface area contributed by atoms with Crippen LogP contribution in [0.5, 0.6) is 0 Å². The summed E-state index contributed by atoms with van der Waals surface area (Å²) in [5.74, 6) is 0.352. The Morgan fingerprint density at radius 3 is 2.67 bits per heavy atom. The highest BCUT2D eigenvalue weighted by Crippen LogP contribution is 2.34. The van der Waals surface area contributed by atoms with Gasteiger partial charge in [-0.25, -0.2) is 4.79 Å². The zero-order chi connectivity index (χ0) is 15.6. The summed E-state index contributed by atoms with van der Waals surface area (Å²) in [5.41, 5.74) is -0.492. The highest BCUT2D eigenvalue weighted by Gasteiger charge is 2.38. The fraction of sp³-hybridized carbons (Fsp3) is 0.500. The fourth-order valence-electron chi connectivity index (χ4n) is 2.49. The summed E-state index contributed by atoms with van der Waals surface area (Å²) < 4.78 is 38.4. The van der Waals surface area contributed by atoms with Crippen LogP contribution in [0.2, 0.25) is 0 Å². The van der Waals surface area contributed by atoms with E-state index in [0.717, 1.165) is 12.1 Å². The molecule has 21 heavy (non-hydrogen) atoms. The first-order chi connectivity index (χ1) is 9.88. The number of nitrogens with zero attached hydrogens (tertiary/aromatic N) is 2. The Hall–Kier alpha value is -1.43. The lowest BCUT2D eigenvalue weighted by Crippen LogP contribution is -2.35. The minimum Gasteiger partial charge on any atom is -0.323 e. The van der Waals surface area contributed by atoms with E-state index in [1.165, 1.54) is 17.0 Å². The number of amides is 2. The second-order valence-electron chi connectivity index (χ2n) is 4.87. The van der Waals surface area contributed by atoms with E-state index >= 15 is 0 Å². The van der Waals surface area contributed by atoms with Crippen molar-refractivity contribution in [2.75, 3.05) is 23.9 Å². The molecular weight excluding hydrogens is 305 g/mol. The molecule has 0 radical (unpaired) electrons. The van der Waals surface area contributed by atoms with Crippen molar-refractivity contribution in [3.05, 3.63) is 29.8 Å². The van der Waals surface area contributed by atoms with Gasteiger partial charge in [-0.05, 0) is 31.5 Å². The van der Waals surface area contributed by atoms with Gasteiger partial charge < -0.3 is 4.90 Å². The van der Waals surface area contributed by atoms with E-state index in [-0.39, 0.29) is 17.8 Å². The summed E-state index contributed by atoms with van der Waals surface area (Å²) in [6.45, 7) is 2.84. The standard InChI is InChI=1S/C14H16ClF3N2O/c1-2-19-9-12(6-7-15)20(13(19)21)11-5-3-4-10(8-11)14(16,17)18/h3-5,8,12H,2,6-7,9H2,1H3. The molecule has 1 atom stereocenters. The van der Waals surface area contributed by atoms with E-state index in [0.29, 0.717) is 25.4 Å². The van der Waals surface area contributed by atoms with Gasteiger partial charge in [-0.15, -0.1) is 11.6 Å². The maximum atomic E-state index is 12.8. The summed E-state index contributed by atoms with van der Waals surface area (Å²) in [5, 5.41) is 0. The van der Waals surface area contributed by atoms with E-state index in [1.807, 2.05) is 6.92 Å². The zero-order valence-electron chi connectivity index (χ0n) is 11.5. The molecule has 1 unspecified atom stereocenters. The number of carbonyl (C=O) groups excluding carboxylic acids is 1. The third-order valence-electron chi connectivity index (χ3n) is 3.55. The monoisotopic (exact) mass is 320 g/mol. The number of urea groups is 1. The molecule has 1 saturated heterocycles. The number of anilines is 1. The number of hydrogen-bond acceptors (Lipinski definition) is 1.